The Bertz CT molecular complexity index is 289. The highest BCUT2D eigenvalue weighted by Gasteiger charge is 2.32. The largest absolute Gasteiger partial charge is 0.574 e. The van der Waals surface area contributed by atoms with E-state index >= 15 is 0 Å². The van der Waals surface area contributed by atoms with Crippen LogP contribution in [0, 0.1) is 0 Å². The summed E-state index contributed by atoms with van der Waals surface area (Å²) in [5.41, 5.74) is 0.361. The van der Waals surface area contributed by atoms with Gasteiger partial charge in [-0.15, -0.1) is 13.2 Å². The van der Waals surface area contributed by atoms with Crippen molar-refractivity contribution in [2.45, 2.75) is 11.7 Å². The average Bonchev–Trinajstić information content (AvgIpc) is 2.02. The van der Waals surface area contributed by atoms with Crippen LogP contribution in [0.1, 0.15) is 5.56 Å². The van der Waals surface area contributed by atoms with Crippen molar-refractivity contribution in [2.24, 2.45) is 0 Å². The van der Waals surface area contributed by atoms with E-state index < -0.39 is 12.2 Å². The third-order valence-electron chi connectivity index (χ3n) is 1.21. The number of nitrogens with zero attached hydrogens (tertiary/aromatic N) is 1. The Morgan fingerprint density at radius 3 is 2.69 bits per heavy atom. The van der Waals surface area contributed by atoms with Gasteiger partial charge in [0.15, 0.2) is 0 Å². The first-order valence-electron chi connectivity index (χ1n) is 3.28. The molecule has 72 valence electrons. The summed E-state index contributed by atoms with van der Waals surface area (Å²) in [6.07, 6.45) is -3.45. The van der Waals surface area contributed by atoms with Gasteiger partial charge in [-0.1, -0.05) is 22.0 Å². The summed E-state index contributed by atoms with van der Waals surface area (Å²) in [7, 11) is 0. The van der Waals surface area contributed by atoms with Crippen LogP contribution in [0.3, 0.4) is 0 Å². The Balaban J connectivity index is 2.87. The number of hydrogen-bond donors (Lipinski definition) is 0. The normalized spacial score (nSPS) is 11.4. The predicted octanol–water partition coefficient (Wildman–Crippen LogP) is 2.88. The minimum atomic E-state index is -4.69. The smallest absolute Gasteiger partial charge is 0.388 e. The number of pyridine rings is 1. The molecule has 0 N–H and O–H groups in total. The summed E-state index contributed by atoms with van der Waals surface area (Å²) in [5.74, 6) is -0.410. The van der Waals surface area contributed by atoms with E-state index in [9.17, 15) is 13.2 Å². The maximum atomic E-state index is 11.8. The number of aromatic nitrogens is 1. The second-order valence-corrected chi connectivity index (χ2v) is 2.71. The van der Waals surface area contributed by atoms with E-state index in [-0.39, 0.29) is 5.33 Å². The van der Waals surface area contributed by atoms with Crippen molar-refractivity contribution in [3.05, 3.63) is 23.9 Å². The summed E-state index contributed by atoms with van der Waals surface area (Å²) in [4.78, 5) is 3.46. The molecule has 0 unspecified atom stereocenters. The lowest BCUT2D eigenvalue weighted by Crippen LogP contribution is -2.18. The number of rotatable bonds is 2. The predicted molar refractivity (Wildman–Crippen MR) is 43.6 cm³/mol. The first-order chi connectivity index (χ1) is 6.03. The molecule has 13 heavy (non-hydrogen) atoms. The molecular formula is C7H5BrF3NO. The Morgan fingerprint density at radius 1 is 1.46 bits per heavy atom. The number of hydrogen-bond acceptors (Lipinski definition) is 2. The molecule has 0 aliphatic carbocycles. The SMILES string of the molecule is FC(F)(F)Oc1ncccc1CBr. The van der Waals surface area contributed by atoms with Crippen LogP contribution in [0.15, 0.2) is 18.3 Å². The van der Waals surface area contributed by atoms with E-state index in [1.54, 1.807) is 6.07 Å². The van der Waals surface area contributed by atoms with Gasteiger partial charge in [0.25, 0.3) is 0 Å². The molecule has 0 saturated heterocycles. The van der Waals surface area contributed by atoms with Crippen molar-refractivity contribution >= 4 is 15.9 Å². The summed E-state index contributed by atoms with van der Waals surface area (Å²) >= 11 is 3.03. The lowest BCUT2D eigenvalue weighted by Gasteiger charge is -2.09. The number of ether oxygens (including phenoxy) is 1. The van der Waals surface area contributed by atoms with E-state index in [1.807, 2.05) is 0 Å². The maximum Gasteiger partial charge on any atom is 0.574 e. The zero-order valence-corrected chi connectivity index (χ0v) is 7.89. The molecule has 2 nitrogen and oxygen atoms in total. The number of alkyl halides is 4. The highest BCUT2D eigenvalue weighted by Crippen LogP contribution is 2.24. The Hall–Kier alpha value is -0.780. The molecule has 0 aromatic carbocycles. The Labute approximate surface area is 80.9 Å². The molecule has 1 rings (SSSR count). The summed E-state index contributed by atoms with van der Waals surface area (Å²) in [5, 5.41) is 0.270. The highest BCUT2D eigenvalue weighted by molar-refractivity contribution is 9.08. The van der Waals surface area contributed by atoms with Gasteiger partial charge in [-0.05, 0) is 6.07 Å². The second-order valence-electron chi connectivity index (χ2n) is 2.15. The molecule has 0 aliphatic rings. The molecule has 0 atom stereocenters. The molecule has 1 aromatic heterocycles. The molecule has 0 amide bonds. The van der Waals surface area contributed by atoms with E-state index in [2.05, 4.69) is 25.7 Å². The van der Waals surface area contributed by atoms with Crippen molar-refractivity contribution in [3.8, 4) is 5.88 Å². The van der Waals surface area contributed by atoms with E-state index in [4.69, 9.17) is 0 Å². The van der Waals surface area contributed by atoms with Gasteiger partial charge in [-0.25, -0.2) is 4.98 Å². The van der Waals surface area contributed by atoms with Crippen molar-refractivity contribution < 1.29 is 17.9 Å². The third kappa shape index (κ3) is 3.22. The number of halogens is 4. The molecule has 6 heteroatoms. The monoisotopic (exact) mass is 255 g/mol. The molecule has 1 aromatic rings. The summed E-state index contributed by atoms with van der Waals surface area (Å²) < 4.78 is 39.0. The molecular weight excluding hydrogens is 251 g/mol. The van der Waals surface area contributed by atoms with E-state index in [0.717, 1.165) is 0 Å². The molecule has 0 fully saturated rings. The van der Waals surface area contributed by atoms with Gasteiger partial charge in [-0.3, -0.25) is 0 Å². The van der Waals surface area contributed by atoms with Crippen LogP contribution >= 0.6 is 15.9 Å². The minimum absolute atomic E-state index is 0.270. The molecule has 1 heterocycles. The van der Waals surface area contributed by atoms with Crippen LogP contribution in [0.4, 0.5) is 13.2 Å². The minimum Gasteiger partial charge on any atom is -0.388 e. The zero-order valence-electron chi connectivity index (χ0n) is 6.31. The lowest BCUT2D eigenvalue weighted by molar-refractivity contribution is -0.276. The molecule has 0 bridgehead atoms. The topological polar surface area (TPSA) is 22.1 Å². The van der Waals surface area contributed by atoms with Crippen LogP contribution in [-0.2, 0) is 5.33 Å². The van der Waals surface area contributed by atoms with Gasteiger partial charge >= 0.3 is 6.36 Å². The summed E-state index contributed by atoms with van der Waals surface area (Å²) in [6, 6.07) is 3.04. The van der Waals surface area contributed by atoms with E-state index in [1.165, 1.54) is 12.3 Å². The zero-order chi connectivity index (χ0) is 9.90. The maximum absolute atomic E-state index is 11.8. The first kappa shape index (κ1) is 10.3. The van der Waals surface area contributed by atoms with Crippen molar-refractivity contribution in [3.63, 3.8) is 0 Å². The molecule has 0 radical (unpaired) electrons. The molecule has 0 spiro atoms. The van der Waals surface area contributed by atoms with Crippen LogP contribution in [0.2, 0.25) is 0 Å². The van der Waals surface area contributed by atoms with Gasteiger partial charge in [-0.2, -0.15) is 0 Å². The van der Waals surface area contributed by atoms with Crippen LogP contribution in [0.5, 0.6) is 5.88 Å². The third-order valence-corrected chi connectivity index (χ3v) is 1.81. The quantitative estimate of drug-likeness (QED) is 0.759. The van der Waals surface area contributed by atoms with E-state index in [0.29, 0.717) is 5.56 Å². The van der Waals surface area contributed by atoms with Gasteiger partial charge < -0.3 is 4.74 Å². The van der Waals surface area contributed by atoms with Gasteiger partial charge in [0.1, 0.15) is 0 Å². The van der Waals surface area contributed by atoms with Gasteiger partial charge in [0.2, 0.25) is 5.88 Å². The Morgan fingerprint density at radius 2 is 2.15 bits per heavy atom. The first-order valence-corrected chi connectivity index (χ1v) is 4.40. The van der Waals surface area contributed by atoms with Gasteiger partial charge in [0, 0.05) is 17.1 Å². The molecule has 0 aliphatic heterocycles. The van der Waals surface area contributed by atoms with Crippen LogP contribution in [-0.4, -0.2) is 11.3 Å². The fourth-order valence-corrected chi connectivity index (χ4v) is 1.15. The average molecular weight is 256 g/mol. The van der Waals surface area contributed by atoms with Gasteiger partial charge in [0.05, 0.1) is 0 Å². The standard InChI is InChI=1S/C7H5BrF3NO/c8-4-5-2-1-3-12-6(5)13-7(9,10)11/h1-3H,4H2. The van der Waals surface area contributed by atoms with Crippen LogP contribution < -0.4 is 4.74 Å². The Kier molecular flexibility index (Phi) is 3.13. The van der Waals surface area contributed by atoms with Crippen LogP contribution in [0.25, 0.3) is 0 Å². The van der Waals surface area contributed by atoms with Crippen molar-refractivity contribution in [1.29, 1.82) is 0 Å². The second kappa shape index (κ2) is 3.95. The fraction of sp³-hybridized carbons (Fsp3) is 0.286. The molecule has 0 saturated carbocycles. The summed E-state index contributed by atoms with van der Waals surface area (Å²) in [6.45, 7) is 0. The highest BCUT2D eigenvalue weighted by atomic mass is 79.9. The fourth-order valence-electron chi connectivity index (χ4n) is 0.727. The van der Waals surface area contributed by atoms with Crippen molar-refractivity contribution in [1.82, 2.24) is 4.98 Å². The van der Waals surface area contributed by atoms with Crippen molar-refractivity contribution in [2.75, 3.05) is 0 Å². The lowest BCUT2D eigenvalue weighted by atomic mass is 10.3.